The van der Waals surface area contributed by atoms with Crippen molar-refractivity contribution >= 4 is 5.97 Å². The summed E-state index contributed by atoms with van der Waals surface area (Å²) in [6, 6.07) is 0. The van der Waals surface area contributed by atoms with E-state index in [1.54, 1.807) is 0 Å². The lowest BCUT2D eigenvalue weighted by atomic mass is 9.85. The summed E-state index contributed by atoms with van der Waals surface area (Å²) in [6.45, 7) is 0. The molecule has 0 amide bonds. The van der Waals surface area contributed by atoms with Gasteiger partial charge in [0.15, 0.2) is 6.10 Å². The Labute approximate surface area is 77.8 Å². The molecule has 0 radical (unpaired) electrons. The third-order valence-corrected chi connectivity index (χ3v) is 3.49. The van der Waals surface area contributed by atoms with Crippen LogP contribution in [0.15, 0.2) is 0 Å². The molecule has 2 aliphatic carbocycles. The Balaban J connectivity index is 1.77. The van der Waals surface area contributed by atoms with Gasteiger partial charge < -0.3 is 10.2 Å². The highest BCUT2D eigenvalue weighted by Gasteiger charge is 2.42. The standard InChI is InChI=1S/C10H16O3/c11-9(10(12)13)4-6-1-2-7-5-8(7)3-6/h6-9,11H,1-5H2,(H,12,13). The van der Waals surface area contributed by atoms with Crippen LogP contribution in [0.4, 0.5) is 0 Å². The fraction of sp³-hybridized carbons (Fsp3) is 0.900. The summed E-state index contributed by atoms with van der Waals surface area (Å²) in [5.74, 6) is 1.19. The topological polar surface area (TPSA) is 57.5 Å². The molecule has 2 N–H and O–H groups in total. The number of rotatable bonds is 3. The minimum Gasteiger partial charge on any atom is -0.479 e. The van der Waals surface area contributed by atoms with Gasteiger partial charge in [-0.1, -0.05) is 6.42 Å². The van der Waals surface area contributed by atoms with E-state index in [1.807, 2.05) is 0 Å². The van der Waals surface area contributed by atoms with E-state index in [9.17, 15) is 9.90 Å². The maximum Gasteiger partial charge on any atom is 0.332 e. The summed E-state index contributed by atoms with van der Waals surface area (Å²) < 4.78 is 0. The number of aliphatic hydroxyl groups excluding tert-OH is 1. The van der Waals surface area contributed by atoms with E-state index in [1.165, 1.54) is 12.8 Å². The first-order chi connectivity index (χ1) is 6.16. The normalized spacial score (nSPS) is 39.3. The Morgan fingerprint density at radius 1 is 1.31 bits per heavy atom. The molecular weight excluding hydrogens is 168 g/mol. The molecule has 4 unspecified atom stereocenters. The van der Waals surface area contributed by atoms with E-state index >= 15 is 0 Å². The first-order valence-electron chi connectivity index (χ1n) is 5.07. The molecule has 2 aliphatic rings. The number of aliphatic hydroxyl groups is 1. The number of carboxylic acids is 1. The number of fused-ring (bicyclic) bond motifs is 1. The summed E-state index contributed by atoms with van der Waals surface area (Å²) in [5, 5.41) is 17.7. The maximum absolute atomic E-state index is 10.4. The minimum atomic E-state index is -1.14. The highest BCUT2D eigenvalue weighted by atomic mass is 16.4. The van der Waals surface area contributed by atoms with Gasteiger partial charge in [-0.15, -0.1) is 0 Å². The summed E-state index contributed by atoms with van der Waals surface area (Å²) in [6.07, 6.45) is 4.18. The molecule has 3 nitrogen and oxygen atoms in total. The Morgan fingerprint density at radius 3 is 2.69 bits per heavy atom. The van der Waals surface area contributed by atoms with Crippen LogP contribution in [0.25, 0.3) is 0 Å². The molecule has 0 aromatic carbocycles. The van der Waals surface area contributed by atoms with Gasteiger partial charge in [-0.2, -0.15) is 0 Å². The SMILES string of the molecule is O=C(O)C(O)CC1CCC2CC2C1. The van der Waals surface area contributed by atoms with Gasteiger partial charge >= 0.3 is 5.97 Å². The van der Waals surface area contributed by atoms with Crippen LogP contribution < -0.4 is 0 Å². The molecule has 0 spiro atoms. The Kier molecular flexibility index (Phi) is 2.28. The van der Waals surface area contributed by atoms with Crippen molar-refractivity contribution in [3.8, 4) is 0 Å². The van der Waals surface area contributed by atoms with Crippen LogP contribution in [0.1, 0.15) is 32.1 Å². The number of carboxylic acid groups (broad SMARTS) is 1. The smallest absolute Gasteiger partial charge is 0.332 e. The molecule has 0 bridgehead atoms. The van der Waals surface area contributed by atoms with Crippen molar-refractivity contribution in [3.05, 3.63) is 0 Å². The monoisotopic (exact) mass is 184 g/mol. The Bertz CT molecular complexity index is 214. The van der Waals surface area contributed by atoms with E-state index in [0.29, 0.717) is 12.3 Å². The van der Waals surface area contributed by atoms with E-state index in [-0.39, 0.29) is 0 Å². The largest absolute Gasteiger partial charge is 0.479 e. The van der Waals surface area contributed by atoms with Gasteiger partial charge in [-0.3, -0.25) is 0 Å². The number of aliphatic carboxylic acids is 1. The molecule has 2 rings (SSSR count). The third kappa shape index (κ3) is 2.02. The van der Waals surface area contributed by atoms with Crippen molar-refractivity contribution in [1.29, 1.82) is 0 Å². The van der Waals surface area contributed by atoms with Crippen molar-refractivity contribution in [2.75, 3.05) is 0 Å². The second kappa shape index (κ2) is 3.29. The fourth-order valence-electron chi connectivity index (χ4n) is 2.58. The van der Waals surface area contributed by atoms with Crippen molar-refractivity contribution in [3.63, 3.8) is 0 Å². The molecule has 0 aliphatic heterocycles. The molecule has 0 aromatic rings. The van der Waals surface area contributed by atoms with Gasteiger partial charge in [0.05, 0.1) is 0 Å². The van der Waals surface area contributed by atoms with Gasteiger partial charge in [0.1, 0.15) is 0 Å². The molecule has 2 fully saturated rings. The molecule has 13 heavy (non-hydrogen) atoms. The highest BCUT2D eigenvalue weighted by molar-refractivity contribution is 5.71. The van der Waals surface area contributed by atoms with Crippen LogP contribution in [0.3, 0.4) is 0 Å². The van der Waals surface area contributed by atoms with Crippen molar-refractivity contribution in [1.82, 2.24) is 0 Å². The van der Waals surface area contributed by atoms with Gasteiger partial charge in [-0.25, -0.2) is 4.79 Å². The molecule has 4 atom stereocenters. The van der Waals surface area contributed by atoms with Gasteiger partial charge in [0.2, 0.25) is 0 Å². The van der Waals surface area contributed by atoms with E-state index < -0.39 is 12.1 Å². The fourth-order valence-corrected chi connectivity index (χ4v) is 2.58. The van der Waals surface area contributed by atoms with Crippen LogP contribution >= 0.6 is 0 Å². The maximum atomic E-state index is 10.4. The molecule has 0 saturated heterocycles. The second-order valence-electron chi connectivity index (χ2n) is 4.52. The number of hydrogen-bond acceptors (Lipinski definition) is 2. The lowest BCUT2D eigenvalue weighted by Crippen LogP contribution is -2.24. The predicted octanol–water partition coefficient (Wildman–Crippen LogP) is 1.26. The van der Waals surface area contributed by atoms with E-state index in [4.69, 9.17) is 5.11 Å². The number of hydrogen-bond donors (Lipinski definition) is 2. The average Bonchev–Trinajstić information content (AvgIpc) is 2.81. The first kappa shape index (κ1) is 9.00. The predicted molar refractivity (Wildman–Crippen MR) is 47.2 cm³/mol. The average molecular weight is 184 g/mol. The van der Waals surface area contributed by atoms with Gasteiger partial charge in [-0.05, 0) is 43.4 Å². The van der Waals surface area contributed by atoms with Crippen molar-refractivity contribution in [2.24, 2.45) is 17.8 Å². The van der Waals surface area contributed by atoms with Crippen LogP contribution in [0.2, 0.25) is 0 Å². The van der Waals surface area contributed by atoms with Crippen LogP contribution in [-0.2, 0) is 4.79 Å². The van der Waals surface area contributed by atoms with E-state index in [2.05, 4.69) is 0 Å². The second-order valence-corrected chi connectivity index (χ2v) is 4.52. The van der Waals surface area contributed by atoms with Crippen LogP contribution in [0.5, 0.6) is 0 Å². The highest BCUT2D eigenvalue weighted by Crippen LogP contribution is 2.52. The Morgan fingerprint density at radius 2 is 2.08 bits per heavy atom. The molecule has 3 heteroatoms. The molecule has 74 valence electrons. The lowest BCUT2D eigenvalue weighted by Gasteiger charge is -2.21. The van der Waals surface area contributed by atoms with Gasteiger partial charge in [0, 0.05) is 0 Å². The van der Waals surface area contributed by atoms with Gasteiger partial charge in [0.25, 0.3) is 0 Å². The number of carbonyl (C=O) groups is 1. The van der Waals surface area contributed by atoms with Crippen LogP contribution in [-0.4, -0.2) is 22.3 Å². The molecule has 0 aromatic heterocycles. The van der Waals surface area contributed by atoms with E-state index in [0.717, 1.165) is 24.7 Å². The lowest BCUT2D eigenvalue weighted by molar-refractivity contribution is -0.147. The Hall–Kier alpha value is -0.570. The first-order valence-corrected chi connectivity index (χ1v) is 5.07. The third-order valence-electron chi connectivity index (χ3n) is 3.49. The molecular formula is C10H16O3. The molecule has 2 saturated carbocycles. The summed E-state index contributed by atoms with van der Waals surface area (Å²) in [7, 11) is 0. The summed E-state index contributed by atoms with van der Waals surface area (Å²) >= 11 is 0. The molecule has 0 heterocycles. The zero-order valence-corrected chi connectivity index (χ0v) is 7.65. The zero-order valence-electron chi connectivity index (χ0n) is 7.65. The van der Waals surface area contributed by atoms with Crippen LogP contribution in [0, 0.1) is 17.8 Å². The minimum absolute atomic E-state index is 0.454. The summed E-state index contributed by atoms with van der Waals surface area (Å²) in [4.78, 5) is 10.4. The van der Waals surface area contributed by atoms with Crippen molar-refractivity contribution < 1.29 is 15.0 Å². The summed E-state index contributed by atoms with van der Waals surface area (Å²) in [5.41, 5.74) is 0. The quantitative estimate of drug-likeness (QED) is 0.694. The zero-order chi connectivity index (χ0) is 9.42. The van der Waals surface area contributed by atoms with Crippen molar-refractivity contribution in [2.45, 2.75) is 38.2 Å².